The summed E-state index contributed by atoms with van der Waals surface area (Å²) in [6, 6.07) is 6.43. The molecule has 2 aliphatic rings. The lowest BCUT2D eigenvalue weighted by Crippen LogP contribution is -2.49. The molecule has 1 heterocycles. The third-order valence-electron chi connectivity index (χ3n) is 5.93. The predicted molar refractivity (Wildman–Crippen MR) is 121 cm³/mol. The molecule has 1 N–H and O–H groups in total. The highest BCUT2D eigenvalue weighted by Gasteiger charge is 2.40. The number of carbonyl (C=O) groups excluding carboxylic acids is 1. The van der Waals surface area contributed by atoms with E-state index in [-0.39, 0.29) is 17.4 Å². The fraction of sp³-hybridized carbons (Fsp3) is 0.440. The summed E-state index contributed by atoms with van der Waals surface area (Å²) >= 11 is 0. The summed E-state index contributed by atoms with van der Waals surface area (Å²) < 4.78 is 19.1. The minimum atomic E-state index is -0.539. The van der Waals surface area contributed by atoms with Crippen LogP contribution in [-0.2, 0) is 4.79 Å². The topological polar surface area (TPSA) is 50.7 Å². The number of rotatable bonds is 8. The zero-order valence-electron chi connectivity index (χ0n) is 17.9. The van der Waals surface area contributed by atoms with E-state index in [0.717, 1.165) is 48.1 Å². The number of aliphatic imine (C=N–C) groups is 1. The maximum absolute atomic E-state index is 13.0. The van der Waals surface area contributed by atoms with Gasteiger partial charge in [-0.2, -0.15) is 0 Å². The molecular weight excluding hydrogens is 379 g/mol. The molecule has 30 heavy (non-hydrogen) atoms. The lowest BCUT2D eigenvalue weighted by atomic mass is 9.65. The molecule has 0 atom stereocenters. The second kappa shape index (κ2) is 9.88. The molecule has 0 radical (unpaired) electrons. The summed E-state index contributed by atoms with van der Waals surface area (Å²) in [4.78, 5) is 15.8. The number of hydrogen-bond donors (Lipinski definition) is 1. The first-order chi connectivity index (χ1) is 14.4. The third-order valence-corrected chi connectivity index (χ3v) is 5.93. The number of benzene rings is 1. The van der Waals surface area contributed by atoms with Gasteiger partial charge in [-0.15, -0.1) is 0 Å². The molecule has 1 fully saturated rings. The summed E-state index contributed by atoms with van der Waals surface area (Å²) in [5.41, 5.74) is 3.92. The molecule has 0 bridgehead atoms. The highest BCUT2D eigenvalue weighted by Crippen LogP contribution is 2.43. The molecule has 1 saturated carbocycles. The molecule has 1 aromatic carbocycles. The Morgan fingerprint density at radius 2 is 2.23 bits per heavy atom. The van der Waals surface area contributed by atoms with Gasteiger partial charge in [0, 0.05) is 6.04 Å². The molecule has 1 amide bonds. The van der Waals surface area contributed by atoms with Gasteiger partial charge in [-0.25, -0.2) is 4.39 Å². The number of nitrogens with one attached hydrogen (secondary N) is 1. The van der Waals surface area contributed by atoms with Crippen molar-refractivity contribution in [3.63, 3.8) is 0 Å². The largest absolute Gasteiger partial charge is 0.493 e. The van der Waals surface area contributed by atoms with Crippen LogP contribution in [0.5, 0.6) is 5.75 Å². The first-order valence-corrected chi connectivity index (χ1v) is 10.5. The number of amides is 1. The molecule has 160 valence electrons. The maximum atomic E-state index is 13.0. The van der Waals surface area contributed by atoms with E-state index in [0.29, 0.717) is 18.9 Å². The lowest BCUT2D eigenvalue weighted by Gasteiger charge is -2.45. The Labute approximate surface area is 178 Å². The van der Waals surface area contributed by atoms with E-state index in [1.54, 1.807) is 6.08 Å². The van der Waals surface area contributed by atoms with E-state index in [1.807, 2.05) is 13.0 Å². The van der Waals surface area contributed by atoms with Crippen LogP contribution >= 0.6 is 0 Å². The van der Waals surface area contributed by atoms with Crippen molar-refractivity contribution in [1.82, 2.24) is 5.32 Å². The van der Waals surface area contributed by atoms with E-state index < -0.39 is 6.67 Å². The van der Waals surface area contributed by atoms with Gasteiger partial charge in [0.1, 0.15) is 12.4 Å². The van der Waals surface area contributed by atoms with Crippen LogP contribution in [0.1, 0.15) is 43.7 Å². The van der Waals surface area contributed by atoms with Crippen molar-refractivity contribution >= 4 is 17.2 Å². The average Bonchev–Trinajstić information content (AvgIpc) is 2.68. The SMILES string of the molecule is C=CC(=O)NC1CC(C)(CCOc2cc(/C3=C/C/C=C\C(CF)=N/C3)ccc2C)C1. The Hall–Kier alpha value is -2.69. The fourth-order valence-corrected chi connectivity index (χ4v) is 4.07. The van der Waals surface area contributed by atoms with Crippen LogP contribution in [0, 0.1) is 12.3 Å². The lowest BCUT2D eigenvalue weighted by molar-refractivity contribution is -0.118. The van der Waals surface area contributed by atoms with Crippen LogP contribution in [0.2, 0.25) is 0 Å². The van der Waals surface area contributed by atoms with Crippen molar-refractivity contribution in [2.24, 2.45) is 10.4 Å². The number of ether oxygens (including phenoxy) is 1. The van der Waals surface area contributed by atoms with Crippen molar-refractivity contribution in [2.45, 2.75) is 45.6 Å². The van der Waals surface area contributed by atoms with Crippen molar-refractivity contribution in [3.8, 4) is 5.75 Å². The van der Waals surface area contributed by atoms with Crippen LogP contribution in [0.25, 0.3) is 5.57 Å². The van der Waals surface area contributed by atoms with Gasteiger partial charge < -0.3 is 10.1 Å². The number of alkyl halides is 1. The second-order valence-corrected chi connectivity index (χ2v) is 8.52. The Morgan fingerprint density at radius 3 is 2.97 bits per heavy atom. The molecule has 0 aromatic heterocycles. The van der Waals surface area contributed by atoms with E-state index >= 15 is 0 Å². The van der Waals surface area contributed by atoms with E-state index in [1.165, 1.54) is 6.08 Å². The molecule has 5 heteroatoms. The summed E-state index contributed by atoms with van der Waals surface area (Å²) in [6.45, 7) is 8.35. The van der Waals surface area contributed by atoms with Crippen LogP contribution in [0.15, 0.2) is 54.1 Å². The number of aryl methyl sites for hydroxylation is 1. The van der Waals surface area contributed by atoms with Gasteiger partial charge in [-0.3, -0.25) is 9.79 Å². The van der Waals surface area contributed by atoms with Crippen LogP contribution in [-0.4, -0.2) is 37.5 Å². The average molecular weight is 411 g/mol. The van der Waals surface area contributed by atoms with Crippen LogP contribution < -0.4 is 10.1 Å². The monoisotopic (exact) mass is 410 g/mol. The molecule has 4 nitrogen and oxygen atoms in total. The maximum Gasteiger partial charge on any atom is 0.243 e. The summed E-state index contributed by atoms with van der Waals surface area (Å²) in [7, 11) is 0. The first-order valence-electron chi connectivity index (χ1n) is 10.5. The summed E-state index contributed by atoms with van der Waals surface area (Å²) in [5.74, 6) is 0.771. The minimum absolute atomic E-state index is 0.104. The molecule has 0 saturated heterocycles. The molecule has 0 spiro atoms. The quantitative estimate of drug-likeness (QED) is 0.614. The molecule has 1 aliphatic heterocycles. The van der Waals surface area contributed by atoms with E-state index in [9.17, 15) is 9.18 Å². The van der Waals surface area contributed by atoms with Gasteiger partial charge in [0.2, 0.25) is 5.91 Å². The molecular formula is C25H31FN2O2. The number of nitrogens with zero attached hydrogens (tertiary/aromatic N) is 1. The normalized spacial score (nSPS) is 27.9. The Bertz CT molecular complexity index is 879. The number of hydrogen-bond acceptors (Lipinski definition) is 3. The van der Waals surface area contributed by atoms with E-state index in [4.69, 9.17) is 4.74 Å². The molecule has 1 aliphatic carbocycles. The van der Waals surface area contributed by atoms with Gasteiger partial charge in [0.25, 0.3) is 0 Å². The first kappa shape index (κ1) is 22.0. The van der Waals surface area contributed by atoms with E-state index in [2.05, 4.69) is 48.1 Å². The number of carbonyl (C=O) groups is 1. The van der Waals surface area contributed by atoms with Crippen molar-refractivity contribution in [2.75, 3.05) is 19.8 Å². The smallest absolute Gasteiger partial charge is 0.243 e. The highest BCUT2D eigenvalue weighted by molar-refractivity contribution is 5.96. The third kappa shape index (κ3) is 5.68. The van der Waals surface area contributed by atoms with Crippen molar-refractivity contribution < 1.29 is 13.9 Å². The van der Waals surface area contributed by atoms with Gasteiger partial charge in [-0.1, -0.05) is 37.8 Å². The number of halogens is 1. The summed E-state index contributed by atoms with van der Waals surface area (Å²) in [6.07, 6.45) is 10.8. The molecule has 0 unspecified atom stereocenters. The highest BCUT2D eigenvalue weighted by atomic mass is 19.1. The van der Waals surface area contributed by atoms with Gasteiger partial charge in [0.15, 0.2) is 0 Å². The Morgan fingerprint density at radius 1 is 1.43 bits per heavy atom. The fourth-order valence-electron chi connectivity index (χ4n) is 4.07. The molecule has 3 rings (SSSR count). The zero-order chi connectivity index (χ0) is 21.6. The second-order valence-electron chi connectivity index (χ2n) is 8.52. The molecule has 1 aromatic rings. The minimum Gasteiger partial charge on any atom is -0.493 e. The van der Waals surface area contributed by atoms with Crippen LogP contribution in [0.4, 0.5) is 4.39 Å². The van der Waals surface area contributed by atoms with Crippen molar-refractivity contribution in [1.29, 1.82) is 0 Å². The van der Waals surface area contributed by atoms with Gasteiger partial charge in [-0.05, 0) is 72.9 Å². The number of allylic oxidation sites excluding steroid dienone is 3. The van der Waals surface area contributed by atoms with Crippen molar-refractivity contribution in [3.05, 3.63) is 60.2 Å². The standard InChI is InChI=1S/C25H31FN2O2/c1-4-24(29)28-22-14-25(3,15-22)11-12-30-23-13-19(10-9-18(23)2)20-7-5-6-8-21(16-26)27-17-20/h4,6-10,13,22H,1,5,11-12,14-17H2,2-3H3,(H,28,29)/b8-6-,20-7+,27-21+. The predicted octanol–water partition coefficient (Wildman–Crippen LogP) is 4.99. The Balaban J connectivity index is 1.57. The summed E-state index contributed by atoms with van der Waals surface area (Å²) in [5, 5.41) is 2.96. The Kier molecular flexibility index (Phi) is 7.24. The van der Waals surface area contributed by atoms with Gasteiger partial charge in [0.05, 0.1) is 18.9 Å². The zero-order valence-corrected chi connectivity index (χ0v) is 17.9. The van der Waals surface area contributed by atoms with Crippen LogP contribution in [0.3, 0.4) is 0 Å². The van der Waals surface area contributed by atoms with Gasteiger partial charge >= 0.3 is 0 Å².